The standard InChI is InChI=1S/C7H4BrCl2F/c8-3-4-1-5(9)2-6(11)7(4)10/h1-2H,3H2. The summed E-state index contributed by atoms with van der Waals surface area (Å²) in [6, 6.07) is 2.82. The first-order valence-corrected chi connectivity index (χ1v) is 4.72. The van der Waals surface area contributed by atoms with Crippen molar-refractivity contribution in [3.05, 3.63) is 33.6 Å². The molecule has 0 saturated carbocycles. The largest absolute Gasteiger partial charge is 0.205 e. The van der Waals surface area contributed by atoms with E-state index in [2.05, 4.69) is 15.9 Å². The molecule has 0 N–H and O–H groups in total. The third-order valence-corrected chi connectivity index (χ3v) is 2.46. The summed E-state index contributed by atoms with van der Waals surface area (Å²) in [6.07, 6.45) is 0. The summed E-state index contributed by atoms with van der Waals surface area (Å²) in [6.45, 7) is 0. The van der Waals surface area contributed by atoms with E-state index in [-0.39, 0.29) is 5.02 Å². The van der Waals surface area contributed by atoms with Gasteiger partial charge in [0.1, 0.15) is 5.82 Å². The fraction of sp³-hybridized carbons (Fsp3) is 0.143. The Balaban J connectivity index is 3.24. The summed E-state index contributed by atoms with van der Waals surface area (Å²) in [4.78, 5) is 0. The van der Waals surface area contributed by atoms with Crippen molar-refractivity contribution in [1.29, 1.82) is 0 Å². The molecule has 0 bridgehead atoms. The summed E-state index contributed by atoms with van der Waals surface area (Å²) in [7, 11) is 0. The van der Waals surface area contributed by atoms with Gasteiger partial charge in [0.05, 0.1) is 5.02 Å². The second kappa shape index (κ2) is 3.74. The van der Waals surface area contributed by atoms with Gasteiger partial charge in [0.2, 0.25) is 0 Å². The molecule has 0 nitrogen and oxygen atoms in total. The van der Waals surface area contributed by atoms with Crippen molar-refractivity contribution >= 4 is 39.1 Å². The number of hydrogen-bond acceptors (Lipinski definition) is 0. The molecule has 0 aromatic heterocycles. The van der Waals surface area contributed by atoms with Gasteiger partial charge in [-0.1, -0.05) is 39.1 Å². The van der Waals surface area contributed by atoms with Gasteiger partial charge in [0.25, 0.3) is 0 Å². The second-order valence-corrected chi connectivity index (χ2v) is 3.37. The second-order valence-electron chi connectivity index (χ2n) is 1.99. The van der Waals surface area contributed by atoms with Crippen LogP contribution < -0.4 is 0 Å². The van der Waals surface area contributed by atoms with Crippen molar-refractivity contribution in [2.45, 2.75) is 5.33 Å². The molecule has 0 radical (unpaired) electrons. The third kappa shape index (κ3) is 2.08. The number of halogens is 4. The number of benzene rings is 1. The van der Waals surface area contributed by atoms with Gasteiger partial charge in [-0.25, -0.2) is 4.39 Å². The molecule has 0 aliphatic carbocycles. The maximum atomic E-state index is 12.8. The van der Waals surface area contributed by atoms with Crippen LogP contribution in [0, 0.1) is 5.82 Å². The first-order chi connectivity index (χ1) is 5.15. The number of alkyl halides is 1. The van der Waals surface area contributed by atoms with Crippen molar-refractivity contribution in [3.63, 3.8) is 0 Å². The monoisotopic (exact) mass is 256 g/mol. The molecular formula is C7H4BrCl2F. The smallest absolute Gasteiger partial charge is 0.143 e. The normalized spacial score (nSPS) is 10.2. The van der Waals surface area contributed by atoms with Crippen LogP contribution in [-0.4, -0.2) is 0 Å². The highest BCUT2D eigenvalue weighted by atomic mass is 79.9. The highest BCUT2D eigenvalue weighted by Gasteiger charge is 2.06. The van der Waals surface area contributed by atoms with Crippen LogP contribution in [0.25, 0.3) is 0 Å². The van der Waals surface area contributed by atoms with Crippen LogP contribution in [0.3, 0.4) is 0 Å². The van der Waals surface area contributed by atoms with Gasteiger partial charge in [0.15, 0.2) is 0 Å². The van der Waals surface area contributed by atoms with E-state index in [0.29, 0.717) is 15.9 Å². The summed E-state index contributed by atoms with van der Waals surface area (Å²) in [5, 5.41) is 0.996. The molecule has 60 valence electrons. The van der Waals surface area contributed by atoms with E-state index in [4.69, 9.17) is 23.2 Å². The van der Waals surface area contributed by atoms with E-state index in [1.807, 2.05) is 0 Å². The molecule has 0 amide bonds. The molecule has 4 heteroatoms. The Labute approximate surface area is 82.4 Å². The zero-order chi connectivity index (χ0) is 8.43. The Bertz CT molecular complexity index is 275. The number of rotatable bonds is 1. The van der Waals surface area contributed by atoms with E-state index in [1.165, 1.54) is 6.07 Å². The maximum Gasteiger partial charge on any atom is 0.143 e. The van der Waals surface area contributed by atoms with Gasteiger partial charge in [-0.3, -0.25) is 0 Å². The SMILES string of the molecule is Fc1cc(Cl)cc(CBr)c1Cl. The van der Waals surface area contributed by atoms with Crippen LogP contribution >= 0.6 is 39.1 Å². The lowest BCUT2D eigenvalue weighted by Crippen LogP contribution is -1.84. The van der Waals surface area contributed by atoms with Crippen LogP contribution in [-0.2, 0) is 5.33 Å². The molecule has 1 rings (SSSR count). The van der Waals surface area contributed by atoms with E-state index in [1.54, 1.807) is 6.07 Å². The molecule has 0 unspecified atom stereocenters. The van der Waals surface area contributed by atoms with Crippen molar-refractivity contribution in [3.8, 4) is 0 Å². The van der Waals surface area contributed by atoms with Gasteiger partial charge >= 0.3 is 0 Å². The highest BCUT2D eigenvalue weighted by molar-refractivity contribution is 9.08. The summed E-state index contributed by atoms with van der Waals surface area (Å²) in [5.74, 6) is -0.478. The predicted molar refractivity (Wildman–Crippen MR) is 49.1 cm³/mol. The number of hydrogen-bond donors (Lipinski definition) is 0. The molecule has 0 heterocycles. The topological polar surface area (TPSA) is 0 Å². The average molecular weight is 258 g/mol. The van der Waals surface area contributed by atoms with Crippen molar-refractivity contribution in [1.82, 2.24) is 0 Å². The Hall–Kier alpha value is 0.210. The fourth-order valence-corrected chi connectivity index (χ4v) is 1.71. The minimum atomic E-state index is -0.478. The quantitative estimate of drug-likeness (QED) is 0.527. The van der Waals surface area contributed by atoms with Gasteiger partial charge in [-0.15, -0.1) is 0 Å². The zero-order valence-corrected chi connectivity index (χ0v) is 8.47. The molecular weight excluding hydrogens is 254 g/mol. The van der Waals surface area contributed by atoms with Crippen LogP contribution in [0.4, 0.5) is 4.39 Å². The Morgan fingerprint density at radius 2 is 2.00 bits per heavy atom. The van der Waals surface area contributed by atoms with Crippen LogP contribution in [0.15, 0.2) is 12.1 Å². The van der Waals surface area contributed by atoms with Crippen LogP contribution in [0.1, 0.15) is 5.56 Å². The molecule has 0 saturated heterocycles. The first kappa shape index (κ1) is 9.30. The van der Waals surface area contributed by atoms with Gasteiger partial charge in [-0.2, -0.15) is 0 Å². The average Bonchev–Trinajstić information content (AvgIpc) is 1.96. The van der Waals surface area contributed by atoms with Gasteiger partial charge in [0, 0.05) is 10.4 Å². The lowest BCUT2D eigenvalue weighted by Gasteiger charge is -2.01. The third-order valence-electron chi connectivity index (χ3n) is 1.21. The molecule has 0 aliphatic rings. The molecule has 0 atom stereocenters. The lowest BCUT2D eigenvalue weighted by molar-refractivity contribution is 0.627. The molecule has 0 fully saturated rings. The van der Waals surface area contributed by atoms with Crippen molar-refractivity contribution in [2.24, 2.45) is 0 Å². The van der Waals surface area contributed by atoms with Crippen molar-refractivity contribution in [2.75, 3.05) is 0 Å². The molecule has 0 spiro atoms. The minimum absolute atomic E-state index is 0.131. The molecule has 1 aromatic rings. The maximum absolute atomic E-state index is 12.8. The predicted octanol–water partition coefficient (Wildman–Crippen LogP) is 4.03. The minimum Gasteiger partial charge on any atom is -0.205 e. The molecule has 11 heavy (non-hydrogen) atoms. The molecule has 1 aromatic carbocycles. The Morgan fingerprint density at radius 1 is 1.36 bits per heavy atom. The van der Waals surface area contributed by atoms with Gasteiger partial charge < -0.3 is 0 Å². The van der Waals surface area contributed by atoms with Crippen LogP contribution in [0.5, 0.6) is 0 Å². The van der Waals surface area contributed by atoms with Gasteiger partial charge in [-0.05, 0) is 17.7 Å². The Morgan fingerprint density at radius 3 is 2.55 bits per heavy atom. The van der Waals surface area contributed by atoms with E-state index < -0.39 is 5.82 Å². The summed E-state index contributed by atoms with van der Waals surface area (Å²) in [5.41, 5.74) is 0.664. The lowest BCUT2D eigenvalue weighted by atomic mass is 10.2. The van der Waals surface area contributed by atoms with Crippen molar-refractivity contribution < 1.29 is 4.39 Å². The summed E-state index contributed by atoms with van der Waals surface area (Å²) >= 11 is 14.3. The highest BCUT2D eigenvalue weighted by Crippen LogP contribution is 2.25. The summed E-state index contributed by atoms with van der Waals surface area (Å²) < 4.78 is 12.8. The Kier molecular flexibility index (Phi) is 3.16. The van der Waals surface area contributed by atoms with E-state index >= 15 is 0 Å². The first-order valence-electron chi connectivity index (χ1n) is 2.84. The fourth-order valence-electron chi connectivity index (χ4n) is 0.707. The molecule has 0 aliphatic heterocycles. The van der Waals surface area contributed by atoms with E-state index in [9.17, 15) is 4.39 Å². The van der Waals surface area contributed by atoms with E-state index in [0.717, 1.165) is 0 Å². The van der Waals surface area contributed by atoms with Crippen LogP contribution in [0.2, 0.25) is 10.0 Å². The zero-order valence-electron chi connectivity index (χ0n) is 5.37.